The molecule has 4 heteroatoms. The van der Waals surface area contributed by atoms with Gasteiger partial charge in [-0.05, 0) is 24.6 Å². The van der Waals surface area contributed by atoms with E-state index in [2.05, 4.69) is 0 Å². The van der Waals surface area contributed by atoms with Crippen molar-refractivity contribution in [2.75, 3.05) is 0 Å². The van der Waals surface area contributed by atoms with Crippen LogP contribution in [0.2, 0.25) is 5.02 Å². The topological polar surface area (TPSA) is 70.0 Å². The molecule has 0 aliphatic carbocycles. The molecule has 3 N–H and O–H groups in total. The molecule has 0 fully saturated rings. The SMILES string of the molecule is C[C@@H](O)[C@@H](N)c1ccc(Cl)cc1C#N. The minimum Gasteiger partial charge on any atom is -0.391 e. The number of rotatable bonds is 2. The van der Waals surface area contributed by atoms with E-state index in [1.165, 1.54) is 0 Å². The lowest BCUT2D eigenvalue weighted by Gasteiger charge is -2.16. The number of nitrogens with zero attached hydrogens (tertiary/aromatic N) is 1. The van der Waals surface area contributed by atoms with Crippen molar-refractivity contribution in [2.45, 2.75) is 19.1 Å². The van der Waals surface area contributed by atoms with Crippen molar-refractivity contribution in [3.63, 3.8) is 0 Å². The van der Waals surface area contributed by atoms with Crippen LogP contribution in [0.5, 0.6) is 0 Å². The lowest BCUT2D eigenvalue weighted by Crippen LogP contribution is -2.24. The Labute approximate surface area is 87.7 Å². The number of hydrogen-bond acceptors (Lipinski definition) is 3. The summed E-state index contributed by atoms with van der Waals surface area (Å²) in [4.78, 5) is 0. The quantitative estimate of drug-likeness (QED) is 0.779. The van der Waals surface area contributed by atoms with Crippen molar-refractivity contribution in [1.29, 1.82) is 5.26 Å². The molecule has 0 bridgehead atoms. The zero-order chi connectivity index (χ0) is 10.7. The first-order chi connectivity index (χ1) is 6.56. The highest BCUT2D eigenvalue weighted by molar-refractivity contribution is 6.30. The van der Waals surface area contributed by atoms with Crippen LogP contribution in [-0.2, 0) is 0 Å². The van der Waals surface area contributed by atoms with Crippen molar-refractivity contribution in [3.8, 4) is 6.07 Å². The molecule has 74 valence electrons. The van der Waals surface area contributed by atoms with E-state index < -0.39 is 12.1 Å². The Bertz CT molecular complexity index is 371. The smallest absolute Gasteiger partial charge is 0.0995 e. The summed E-state index contributed by atoms with van der Waals surface area (Å²) in [6, 6.07) is 6.30. The maximum atomic E-state index is 9.30. The van der Waals surface area contributed by atoms with Gasteiger partial charge in [0.1, 0.15) is 0 Å². The molecule has 0 spiro atoms. The Morgan fingerprint density at radius 1 is 1.57 bits per heavy atom. The van der Waals surface area contributed by atoms with Gasteiger partial charge in [-0.15, -0.1) is 0 Å². The number of benzene rings is 1. The first-order valence-corrected chi connectivity index (χ1v) is 4.57. The van der Waals surface area contributed by atoms with Gasteiger partial charge in [-0.3, -0.25) is 0 Å². The van der Waals surface area contributed by atoms with Crippen molar-refractivity contribution < 1.29 is 5.11 Å². The van der Waals surface area contributed by atoms with Crippen LogP contribution in [0.4, 0.5) is 0 Å². The van der Waals surface area contributed by atoms with Gasteiger partial charge < -0.3 is 10.8 Å². The molecule has 0 radical (unpaired) electrons. The Kier molecular flexibility index (Phi) is 3.48. The number of aliphatic hydroxyl groups excluding tert-OH is 1. The molecule has 1 aromatic carbocycles. The molecule has 1 aromatic rings. The summed E-state index contributed by atoms with van der Waals surface area (Å²) < 4.78 is 0. The minimum absolute atomic E-state index is 0.408. The summed E-state index contributed by atoms with van der Waals surface area (Å²) >= 11 is 5.73. The second-order valence-corrected chi connectivity index (χ2v) is 3.55. The zero-order valence-electron chi connectivity index (χ0n) is 7.74. The minimum atomic E-state index is -0.691. The number of aliphatic hydroxyl groups is 1. The van der Waals surface area contributed by atoms with Crippen LogP contribution >= 0.6 is 11.6 Å². The number of halogens is 1. The summed E-state index contributed by atoms with van der Waals surface area (Å²) in [5, 5.41) is 18.6. The fourth-order valence-electron chi connectivity index (χ4n) is 1.18. The predicted octanol–water partition coefficient (Wildman–Crippen LogP) is 1.59. The zero-order valence-corrected chi connectivity index (χ0v) is 8.49. The highest BCUT2D eigenvalue weighted by Gasteiger charge is 2.15. The van der Waals surface area contributed by atoms with Crippen LogP contribution in [0.1, 0.15) is 24.1 Å². The molecule has 0 saturated carbocycles. The van der Waals surface area contributed by atoms with Crippen molar-refractivity contribution >= 4 is 11.6 Å². The molecule has 0 amide bonds. The lowest BCUT2D eigenvalue weighted by molar-refractivity contribution is 0.164. The van der Waals surface area contributed by atoms with Crippen LogP contribution in [-0.4, -0.2) is 11.2 Å². The van der Waals surface area contributed by atoms with Gasteiger partial charge in [-0.2, -0.15) is 5.26 Å². The van der Waals surface area contributed by atoms with Gasteiger partial charge in [0.05, 0.1) is 23.8 Å². The van der Waals surface area contributed by atoms with E-state index >= 15 is 0 Å². The molecular weight excluding hydrogens is 200 g/mol. The van der Waals surface area contributed by atoms with E-state index in [9.17, 15) is 5.11 Å². The van der Waals surface area contributed by atoms with Gasteiger partial charge in [-0.25, -0.2) is 0 Å². The Hall–Kier alpha value is -1.08. The normalized spacial score (nSPS) is 14.5. The number of hydrogen-bond donors (Lipinski definition) is 2. The van der Waals surface area contributed by atoms with E-state index in [4.69, 9.17) is 22.6 Å². The van der Waals surface area contributed by atoms with E-state index in [1.54, 1.807) is 25.1 Å². The van der Waals surface area contributed by atoms with Gasteiger partial charge in [0, 0.05) is 5.02 Å². The highest BCUT2D eigenvalue weighted by atomic mass is 35.5. The van der Waals surface area contributed by atoms with Crippen molar-refractivity contribution in [2.24, 2.45) is 5.73 Å². The second-order valence-electron chi connectivity index (χ2n) is 3.11. The van der Waals surface area contributed by atoms with Crippen LogP contribution in [0, 0.1) is 11.3 Å². The fourth-order valence-corrected chi connectivity index (χ4v) is 1.35. The van der Waals surface area contributed by atoms with Crippen molar-refractivity contribution in [1.82, 2.24) is 0 Å². The van der Waals surface area contributed by atoms with Gasteiger partial charge in [0.15, 0.2) is 0 Å². The average molecular weight is 211 g/mol. The number of nitriles is 1. The van der Waals surface area contributed by atoms with E-state index in [-0.39, 0.29) is 0 Å². The molecule has 0 aliphatic heterocycles. The van der Waals surface area contributed by atoms with E-state index in [0.717, 1.165) is 0 Å². The average Bonchev–Trinajstić information content (AvgIpc) is 2.16. The largest absolute Gasteiger partial charge is 0.391 e. The molecule has 0 saturated heterocycles. The maximum absolute atomic E-state index is 9.30. The standard InChI is InChI=1S/C10H11ClN2O/c1-6(14)10(13)9-3-2-8(11)4-7(9)5-12/h2-4,6,10,14H,13H2,1H3/t6-,10-/m1/s1. The Balaban J connectivity index is 3.16. The summed E-state index contributed by atoms with van der Waals surface area (Å²) in [5.41, 5.74) is 6.75. The molecule has 2 atom stereocenters. The molecule has 0 aromatic heterocycles. The molecule has 3 nitrogen and oxygen atoms in total. The summed E-state index contributed by atoms with van der Waals surface area (Å²) in [6.07, 6.45) is -0.691. The van der Waals surface area contributed by atoms with Crippen molar-refractivity contribution in [3.05, 3.63) is 34.3 Å². The molecule has 0 heterocycles. The third-order valence-corrected chi connectivity index (χ3v) is 2.25. The van der Waals surface area contributed by atoms with Gasteiger partial charge >= 0.3 is 0 Å². The first kappa shape index (κ1) is 11.0. The molecule has 0 unspecified atom stereocenters. The van der Waals surface area contributed by atoms with Gasteiger partial charge in [0.2, 0.25) is 0 Å². The van der Waals surface area contributed by atoms with E-state index in [0.29, 0.717) is 16.1 Å². The molecule has 1 rings (SSSR count). The van der Waals surface area contributed by atoms with Crippen LogP contribution in [0.15, 0.2) is 18.2 Å². The molecule has 0 aliphatic rings. The van der Waals surface area contributed by atoms with E-state index in [1.807, 2.05) is 6.07 Å². The first-order valence-electron chi connectivity index (χ1n) is 4.19. The molecule has 14 heavy (non-hydrogen) atoms. The second kappa shape index (κ2) is 4.43. The summed E-state index contributed by atoms with van der Waals surface area (Å²) in [5.74, 6) is 0. The van der Waals surface area contributed by atoms with Crippen LogP contribution in [0.25, 0.3) is 0 Å². The third-order valence-electron chi connectivity index (χ3n) is 2.01. The number of nitrogens with two attached hydrogens (primary N) is 1. The lowest BCUT2D eigenvalue weighted by atomic mass is 9.98. The van der Waals surface area contributed by atoms with Gasteiger partial charge in [-0.1, -0.05) is 17.7 Å². The Morgan fingerprint density at radius 3 is 2.71 bits per heavy atom. The van der Waals surface area contributed by atoms with Crippen LogP contribution < -0.4 is 5.73 Å². The highest BCUT2D eigenvalue weighted by Crippen LogP contribution is 2.22. The van der Waals surface area contributed by atoms with Crippen LogP contribution in [0.3, 0.4) is 0 Å². The monoisotopic (exact) mass is 210 g/mol. The predicted molar refractivity (Wildman–Crippen MR) is 54.8 cm³/mol. The Morgan fingerprint density at radius 2 is 2.21 bits per heavy atom. The summed E-state index contributed by atoms with van der Waals surface area (Å²) in [7, 11) is 0. The molecular formula is C10H11ClN2O. The maximum Gasteiger partial charge on any atom is 0.0995 e. The fraction of sp³-hybridized carbons (Fsp3) is 0.300. The third kappa shape index (κ3) is 2.24. The summed E-state index contributed by atoms with van der Waals surface area (Å²) in [6.45, 7) is 1.58. The van der Waals surface area contributed by atoms with Gasteiger partial charge in [0.25, 0.3) is 0 Å².